The van der Waals surface area contributed by atoms with E-state index in [4.69, 9.17) is 0 Å². The highest BCUT2D eigenvalue weighted by molar-refractivity contribution is 4.72. The van der Waals surface area contributed by atoms with Gasteiger partial charge in [-0.1, -0.05) is 58.3 Å². The molecule has 1 rings (SSSR count). The van der Waals surface area contributed by atoms with Crippen molar-refractivity contribution in [3.63, 3.8) is 0 Å². The molecule has 0 spiro atoms. The van der Waals surface area contributed by atoms with Gasteiger partial charge in [-0.2, -0.15) is 0 Å². The van der Waals surface area contributed by atoms with Crippen molar-refractivity contribution in [3.05, 3.63) is 18.2 Å². The van der Waals surface area contributed by atoms with Crippen molar-refractivity contribution in [3.8, 4) is 0 Å². The summed E-state index contributed by atoms with van der Waals surface area (Å²) in [4.78, 5) is 3.19. The Hall–Kier alpha value is -0.830. The molecule has 0 fully saturated rings. The Morgan fingerprint density at radius 3 is 2.24 bits per heavy atom. The van der Waals surface area contributed by atoms with E-state index in [1.165, 1.54) is 51.4 Å². The molecular weight excluding hydrogens is 260 g/mol. The van der Waals surface area contributed by atoms with Crippen LogP contribution in [0, 0.1) is 12.8 Å². The van der Waals surface area contributed by atoms with E-state index in [9.17, 15) is 5.11 Å². The average Bonchev–Trinajstić information content (AvgIpc) is 2.85. The van der Waals surface area contributed by atoms with Crippen LogP contribution in [0.2, 0.25) is 0 Å². The lowest BCUT2D eigenvalue weighted by atomic mass is 9.95. The Labute approximate surface area is 130 Å². The summed E-state index contributed by atoms with van der Waals surface area (Å²) in [6.45, 7) is 7.19. The number of H-pyrrole nitrogens is 1. The number of nitrogens with one attached hydrogen (secondary N) is 1. The van der Waals surface area contributed by atoms with Crippen LogP contribution in [-0.2, 0) is 6.54 Å². The Bertz CT molecular complexity index is 360. The smallest absolute Gasteiger partial charge is 0.251 e. The van der Waals surface area contributed by atoms with E-state index in [1.807, 2.05) is 13.1 Å². The molecule has 2 N–H and O–H groups in total. The Morgan fingerprint density at radius 1 is 1.10 bits per heavy atom. The standard InChI is InChI=1S/C18H34N2O/c1-4-5-6-7-8-9-10-11-12-18(16(2)21)15-20-14-13-19-17(20)3/h13-14,16,18,21H,4-12,15H2,1-3H3/p+1. The van der Waals surface area contributed by atoms with Gasteiger partial charge in [-0.15, -0.1) is 0 Å². The molecule has 1 aromatic heterocycles. The van der Waals surface area contributed by atoms with E-state index in [0.717, 1.165) is 18.8 Å². The molecule has 2 atom stereocenters. The Morgan fingerprint density at radius 2 is 1.71 bits per heavy atom. The third-order valence-electron chi connectivity index (χ3n) is 4.52. The first-order chi connectivity index (χ1) is 10.1. The first kappa shape index (κ1) is 18.2. The summed E-state index contributed by atoms with van der Waals surface area (Å²) in [6, 6.07) is 0. The summed E-state index contributed by atoms with van der Waals surface area (Å²) in [5.41, 5.74) is 0. The van der Waals surface area contributed by atoms with Crippen molar-refractivity contribution in [2.24, 2.45) is 5.92 Å². The van der Waals surface area contributed by atoms with Crippen molar-refractivity contribution in [2.45, 2.75) is 91.2 Å². The highest BCUT2D eigenvalue weighted by atomic mass is 16.3. The lowest BCUT2D eigenvalue weighted by molar-refractivity contribution is -0.709. The maximum absolute atomic E-state index is 9.98. The number of aliphatic hydroxyl groups is 1. The second-order valence-electron chi connectivity index (χ2n) is 6.46. The van der Waals surface area contributed by atoms with E-state index < -0.39 is 0 Å². The Kier molecular flexibility index (Phi) is 9.40. The zero-order chi connectivity index (χ0) is 15.5. The Balaban J connectivity index is 2.16. The summed E-state index contributed by atoms with van der Waals surface area (Å²) in [5, 5.41) is 9.98. The van der Waals surface area contributed by atoms with Gasteiger partial charge in [0.15, 0.2) is 0 Å². The fraction of sp³-hybridized carbons (Fsp3) is 0.833. The van der Waals surface area contributed by atoms with Crippen LogP contribution in [0.5, 0.6) is 0 Å². The summed E-state index contributed by atoms with van der Waals surface area (Å²) >= 11 is 0. The molecule has 0 aliphatic carbocycles. The molecule has 0 saturated heterocycles. The number of hydrogen-bond acceptors (Lipinski definition) is 1. The van der Waals surface area contributed by atoms with Crippen molar-refractivity contribution in [1.82, 2.24) is 4.98 Å². The van der Waals surface area contributed by atoms with Gasteiger partial charge in [0.2, 0.25) is 0 Å². The van der Waals surface area contributed by atoms with Gasteiger partial charge in [-0.05, 0) is 13.3 Å². The van der Waals surface area contributed by atoms with Crippen LogP contribution in [0.25, 0.3) is 0 Å². The second kappa shape index (κ2) is 10.8. The van der Waals surface area contributed by atoms with Crippen LogP contribution in [0.3, 0.4) is 0 Å². The highest BCUT2D eigenvalue weighted by Crippen LogP contribution is 2.16. The molecule has 0 amide bonds. The maximum atomic E-state index is 9.98. The van der Waals surface area contributed by atoms with Gasteiger partial charge in [-0.25, -0.2) is 9.55 Å². The van der Waals surface area contributed by atoms with Gasteiger partial charge in [0.1, 0.15) is 12.4 Å². The second-order valence-corrected chi connectivity index (χ2v) is 6.46. The summed E-state index contributed by atoms with van der Waals surface area (Å²) < 4.78 is 2.21. The molecule has 122 valence electrons. The largest absolute Gasteiger partial charge is 0.393 e. The number of aliphatic hydroxyl groups excluding tert-OH is 1. The van der Waals surface area contributed by atoms with Crippen LogP contribution in [-0.4, -0.2) is 16.2 Å². The van der Waals surface area contributed by atoms with Crippen LogP contribution in [0.1, 0.15) is 77.5 Å². The van der Waals surface area contributed by atoms with Gasteiger partial charge in [-0.3, -0.25) is 0 Å². The van der Waals surface area contributed by atoms with Crippen LogP contribution in [0.15, 0.2) is 12.4 Å². The zero-order valence-electron chi connectivity index (χ0n) is 14.3. The molecule has 1 heterocycles. The van der Waals surface area contributed by atoms with E-state index in [1.54, 1.807) is 0 Å². The number of aryl methyl sites for hydroxylation is 1. The molecule has 21 heavy (non-hydrogen) atoms. The molecule has 0 aromatic carbocycles. The van der Waals surface area contributed by atoms with Crippen LogP contribution < -0.4 is 4.57 Å². The fourth-order valence-corrected chi connectivity index (χ4v) is 2.92. The number of rotatable bonds is 12. The lowest BCUT2D eigenvalue weighted by Gasteiger charge is -2.18. The third-order valence-corrected chi connectivity index (χ3v) is 4.52. The number of hydrogen-bond donors (Lipinski definition) is 2. The predicted octanol–water partition coefficient (Wildman–Crippen LogP) is 4.14. The van der Waals surface area contributed by atoms with Crippen molar-refractivity contribution < 1.29 is 9.67 Å². The zero-order valence-corrected chi connectivity index (χ0v) is 14.3. The van der Waals surface area contributed by atoms with E-state index >= 15 is 0 Å². The van der Waals surface area contributed by atoms with Gasteiger partial charge in [0.05, 0.1) is 12.6 Å². The summed E-state index contributed by atoms with van der Waals surface area (Å²) in [7, 11) is 0. The molecule has 3 nitrogen and oxygen atoms in total. The van der Waals surface area contributed by atoms with Gasteiger partial charge >= 0.3 is 0 Å². The minimum absolute atomic E-state index is 0.226. The fourth-order valence-electron chi connectivity index (χ4n) is 2.92. The summed E-state index contributed by atoms with van der Waals surface area (Å²) in [5.74, 6) is 1.53. The third kappa shape index (κ3) is 7.66. The monoisotopic (exact) mass is 295 g/mol. The van der Waals surface area contributed by atoms with Gasteiger partial charge < -0.3 is 5.11 Å². The number of unbranched alkanes of at least 4 members (excludes halogenated alkanes) is 7. The predicted molar refractivity (Wildman–Crippen MR) is 88.1 cm³/mol. The van der Waals surface area contributed by atoms with Crippen LogP contribution in [0.4, 0.5) is 0 Å². The lowest BCUT2D eigenvalue weighted by Crippen LogP contribution is -2.41. The first-order valence-electron chi connectivity index (χ1n) is 8.86. The average molecular weight is 295 g/mol. The van der Waals surface area contributed by atoms with Crippen molar-refractivity contribution in [2.75, 3.05) is 0 Å². The number of aromatic amines is 1. The minimum Gasteiger partial charge on any atom is -0.393 e. The van der Waals surface area contributed by atoms with Crippen molar-refractivity contribution >= 4 is 0 Å². The van der Waals surface area contributed by atoms with Gasteiger partial charge in [0, 0.05) is 12.8 Å². The van der Waals surface area contributed by atoms with Gasteiger partial charge in [0.25, 0.3) is 5.82 Å². The molecule has 0 bridgehead atoms. The topological polar surface area (TPSA) is 39.9 Å². The first-order valence-corrected chi connectivity index (χ1v) is 8.86. The molecule has 0 aliphatic heterocycles. The minimum atomic E-state index is -0.226. The molecule has 2 unspecified atom stereocenters. The van der Waals surface area contributed by atoms with E-state index in [-0.39, 0.29) is 6.10 Å². The number of imidazole rings is 1. The van der Waals surface area contributed by atoms with Crippen LogP contribution >= 0.6 is 0 Å². The van der Waals surface area contributed by atoms with E-state index in [0.29, 0.717) is 5.92 Å². The molecule has 3 heteroatoms. The molecule has 0 saturated carbocycles. The summed E-state index contributed by atoms with van der Waals surface area (Å²) in [6.07, 6.45) is 15.7. The normalized spacial score (nSPS) is 14.3. The molecule has 0 aliphatic rings. The quantitative estimate of drug-likeness (QED) is 0.441. The van der Waals surface area contributed by atoms with Crippen molar-refractivity contribution in [1.29, 1.82) is 0 Å². The number of nitrogens with zero attached hydrogens (tertiary/aromatic N) is 1. The number of aromatic nitrogens is 2. The molecule has 1 aromatic rings. The van der Waals surface area contributed by atoms with E-state index in [2.05, 4.69) is 29.6 Å². The highest BCUT2D eigenvalue weighted by Gasteiger charge is 2.19. The SMILES string of the molecule is CCCCCCCCCCC(C[n+]1cc[nH]c1C)C(C)O. The molecular formula is C18H35N2O+. The maximum Gasteiger partial charge on any atom is 0.251 e. The molecule has 0 radical (unpaired) electrons.